The summed E-state index contributed by atoms with van der Waals surface area (Å²) < 4.78 is 0. The summed E-state index contributed by atoms with van der Waals surface area (Å²) in [5.74, 6) is 0. The van der Waals surface area contributed by atoms with Gasteiger partial charge in [0.15, 0.2) is 0 Å². The molecule has 1 nitrogen and oxygen atoms in total. The van der Waals surface area contributed by atoms with Gasteiger partial charge in [-0.3, -0.25) is 0 Å². The van der Waals surface area contributed by atoms with E-state index in [0.29, 0.717) is 0 Å². The van der Waals surface area contributed by atoms with Crippen molar-refractivity contribution in [1.29, 1.82) is 0 Å². The lowest BCUT2D eigenvalue weighted by Gasteiger charge is -1.96. The van der Waals surface area contributed by atoms with Crippen LogP contribution < -0.4 is 0 Å². The lowest BCUT2D eigenvalue weighted by Crippen LogP contribution is -1.78. The van der Waals surface area contributed by atoms with Crippen molar-refractivity contribution in [2.45, 2.75) is 48.0 Å². The van der Waals surface area contributed by atoms with Crippen LogP contribution in [0, 0.1) is 0 Å². The number of nitrogens with one attached hydrogen (secondary N) is 1. The molecule has 0 saturated heterocycles. The average molecular weight is 273 g/mol. The highest BCUT2D eigenvalue weighted by Gasteiger charge is 2.08. The highest BCUT2D eigenvalue weighted by atomic mass is 14.7. The minimum atomic E-state index is 1.03. The van der Waals surface area contributed by atoms with Crippen LogP contribution in [0.15, 0.2) is 25.3 Å². The summed E-state index contributed by atoms with van der Waals surface area (Å²) in [6.07, 6.45) is 13.1. The van der Waals surface area contributed by atoms with E-state index in [1.165, 1.54) is 11.1 Å². The first-order valence-corrected chi connectivity index (χ1v) is 7.58. The second kappa shape index (κ2) is 13.7. The molecule has 0 bridgehead atoms. The molecule has 1 aromatic rings. The maximum atomic E-state index is 3.83. The van der Waals surface area contributed by atoms with Crippen LogP contribution in [0.2, 0.25) is 0 Å². The van der Waals surface area contributed by atoms with Gasteiger partial charge in [-0.05, 0) is 25.5 Å². The molecular formula is C19H31N. The number of rotatable bonds is 5. The Morgan fingerprint density at radius 2 is 1.35 bits per heavy atom. The molecule has 0 amide bonds. The fourth-order valence-corrected chi connectivity index (χ4v) is 1.65. The molecule has 0 aliphatic carbocycles. The number of hydrogen-bond acceptors (Lipinski definition) is 0. The lowest BCUT2D eigenvalue weighted by molar-refractivity contribution is 1.23. The van der Waals surface area contributed by atoms with Gasteiger partial charge < -0.3 is 4.98 Å². The molecule has 20 heavy (non-hydrogen) atoms. The Morgan fingerprint density at radius 1 is 0.900 bits per heavy atom. The Morgan fingerprint density at radius 3 is 1.70 bits per heavy atom. The Balaban J connectivity index is 0. The zero-order valence-corrected chi connectivity index (χ0v) is 14.1. The van der Waals surface area contributed by atoms with Crippen molar-refractivity contribution in [2.75, 3.05) is 0 Å². The largest absolute Gasteiger partial charge is 0.355 e. The van der Waals surface area contributed by atoms with Crippen molar-refractivity contribution >= 4 is 24.3 Å². The first kappa shape index (κ1) is 20.6. The summed E-state index contributed by atoms with van der Waals surface area (Å²) >= 11 is 0. The number of hydrogen-bond donors (Lipinski definition) is 1. The topological polar surface area (TPSA) is 15.8 Å². The molecule has 1 heterocycles. The third-order valence-electron chi connectivity index (χ3n) is 2.40. The quantitative estimate of drug-likeness (QED) is 0.606. The van der Waals surface area contributed by atoms with Crippen molar-refractivity contribution in [1.82, 2.24) is 4.98 Å². The molecule has 0 fully saturated rings. The van der Waals surface area contributed by atoms with Crippen LogP contribution in [0.5, 0.6) is 0 Å². The summed E-state index contributed by atoms with van der Waals surface area (Å²) in [4.78, 5) is 3.30. The summed E-state index contributed by atoms with van der Waals surface area (Å²) in [6.45, 7) is 19.8. The van der Waals surface area contributed by atoms with Crippen molar-refractivity contribution in [3.05, 3.63) is 47.8 Å². The SMILES string of the molecule is C=Cc1[nH]c(C=C)c(/C=C\CC)c1/C=C\C.CC.CC. The molecule has 0 radical (unpaired) electrons. The second-order valence-electron chi connectivity index (χ2n) is 3.50. The minimum Gasteiger partial charge on any atom is -0.355 e. The number of aromatic amines is 1. The molecular weight excluding hydrogens is 242 g/mol. The van der Waals surface area contributed by atoms with E-state index >= 15 is 0 Å². The molecule has 0 spiro atoms. The van der Waals surface area contributed by atoms with Gasteiger partial charge in [0.2, 0.25) is 0 Å². The Labute approximate surface area is 125 Å². The van der Waals surface area contributed by atoms with E-state index in [1.807, 2.05) is 52.8 Å². The van der Waals surface area contributed by atoms with E-state index in [9.17, 15) is 0 Å². The monoisotopic (exact) mass is 273 g/mol. The normalized spacial score (nSPS) is 9.70. The van der Waals surface area contributed by atoms with E-state index in [1.54, 1.807) is 0 Å². The van der Waals surface area contributed by atoms with Gasteiger partial charge in [0.05, 0.1) is 0 Å². The average Bonchev–Trinajstić information content (AvgIpc) is 2.86. The maximum absolute atomic E-state index is 3.83. The first-order valence-electron chi connectivity index (χ1n) is 7.58. The van der Waals surface area contributed by atoms with Crippen LogP contribution in [-0.4, -0.2) is 4.98 Å². The second-order valence-corrected chi connectivity index (χ2v) is 3.50. The molecule has 0 aliphatic heterocycles. The Kier molecular flexibility index (Phi) is 14.0. The molecule has 1 N–H and O–H groups in total. The van der Waals surface area contributed by atoms with Crippen LogP contribution in [0.25, 0.3) is 24.3 Å². The van der Waals surface area contributed by atoms with E-state index in [2.05, 4.69) is 43.3 Å². The zero-order chi connectivity index (χ0) is 16.0. The standard InChI is InChI=1S/C15H19N.2C2H6/c1-5-9-11-13-12(10-6-2)14(7-3)16-15(13)8-4;2*1-2/h6-11,16H,3-5H2,1-2H3;2*1-2H3/b10-6-,11-9-;;. The summed E-state index contributed by atoms with van der Waals surface area (Å²) in [7, 11) is 0. The van der Waals surface area contributed by atoms with Gasteiger partial charge in [0.1, 0.15) is 0 Å². The molecule has 1 aromatic heterocycles. The van der Waals surface area contributed by atoms with Gasteiger partial charge >= 0.3 is 0 Å². The fourth-order valence-electron chi connectivity index (χ4n) is 1.65. The highest BCUT2D eigenvalue weighted by Crippen LogP contribution is 2.24. The van der Waals surface area contributed by atoms with Crippen molar-refractivity contribution < 1.29 is 0 Å². The molecule has 1 heteroatoms. The maximum Gasteiger partial charge on any atom is 0.0458 e. The van der Waals surface area contributed by atoms with Gasteiger partial charge in [0, 0.05) is 22.5 Å². The molecule has 0 unspecified atom stereocenters. The third kappa shape index (κ3) is 5.92. The predicted octanol–water partition coefficient (Wildman–Crippen LogP) is 6.81. The first-order chi connectivity index (χ1) is 9.78. The fraction of sp³-hybridized carbons (Fsp3) is 0.368. The van der Waals surface area contributed by atoms with Crippen LogP contribution >= 0.6 is 0 Å². The third-order valence-corrected chi connectivity index (χ3v) is 2.40. The zero-order valence-electron chi connectivity index (χ0n) is 14.1. The van der Waals surface area contributed by atoms with Gasteiger partial charge in [0.25, 0.3) is 0 Å². The van der Waals surface area contributed by atoms with E-state index in [-0.39, 0.29) is 0 Å². The van der Waals surface area contributed by atoms with Crippen molar-refractivity contribution in [3.8, 4) is 0 Å². The molecule has 0 atom stereocenters. The van der Waals surface area contributed by atoms with Gasteiger partial charge in [-0.1, -0.05) is 72.1 Å². The molecule has 0 aromatic carbocycles. The van der Waals surface area contributed by atoms with Crippen LogP contribution in [0.1, 0.15) is 70.5 Å². The van der Waals surface area contributed by atoms with Gasteiger partial charge in [-0.2, -0.15) is 0 Å². The highest BCUT2D eigenvalue weighted by molar-refractivity contribution is 5.78. The molecule has 112 valence electrons. The molecule has 1 rings (SSSR count). The molecule has 0 saturated carbocycles. The summed E-state index contributed by atoms with van der Waals surface area (Å²) in [5.41, 5.74) is 4.46. The van der Waals surface area contributed by atoms with Gasteiger partial charge in [-0.25, -0.2) is 0 Å². The Hall–Kier alpha value is -1.76. The summed E-state index contributed by atoms with van der Waals surface area (Å²) in [5, 5.41) is 0. The van der Waals surface area contributed by atoms with E-state index < -0.39 is 0 Å². The van der Waals surface area contributed by atoms with E-state index in [4.69, 9.17) is 0 Å². The summed E-state index contributed by atoms with van der Waals surface area (Å²) in [6, 6.07) is 0. The Bertz CT molecular complexity index is 431. The van der Waals surface area contributed by atoms with Gasteiger partial charge in [-0.15, -0.1) is 0 Å². The minimum absolute atomic E-state index is 1.03. The number of aromatic nitrogens is 1. The van der Waals surface area contributed by atoms with E-state index in [0.717, 1.165) is 17.8 Å². The number of allylic oxidation sites excluding steroid dienone is 2. The van der Waals surface area contributed by atoms with Crippen LogP contribution in [0.4, 0.5) is 0 Å². The number of H-pyrrole nitrogens is 1. The molecule has 0 aliphatic rings. The lowest BCUT2D eigenvalue weighted by atomic mass is 10.1. The van der Waals surface area contributed by atoms with Crippen molar-refractivity contribution in [3.63, 3.8) is 0 Å². The smallest absolute Gasteiger partial charge is 0.0458 e. The predicted molar refractivity (Wildman–Crippen MR) is 97.7 cm³/mol. The van der Waals surface area contributed by atoms with Crippen molar-refractivity contribution in [2.24, 2.45) is 0 Å². The van der Waals surface area contributed by atoms with Crippen LogP contribution in [0.3, 0.4) is 0 Å². The van der Waals surface area contributed by atoms with Crippen LogP contribution in [-0.2, 0) is 0 Å².